The first-order chi connectivity index (χ1) is 11.8. The lowest BCUT2D eigenvalue weighted by molar-refractivity contribution is -0.137. The molecule has 0 fully saturated rings. The maximum atomic E-state index is 12.9. The van der Waals surface area contributed by atoms with Crippen LogP contribution in [0.3, 0.4) is 0 Å². The van der Waals surface area contributed by atoms with Gasteiger partial charge < -0.3 is 4.42 Å². The van der Waals surface area contributed by atoms with Crippen molar-refractivity contribution in [3.05, 3.63) is 65.5 Å². The van der Waals surface area contributed by atoms with Gasteiger partial charge in [0.2, 0.25) is 5.89 Å². The highest BCUT2D eigenvalue weighted by atomic mass is 19.4. The first kappa shape index (κ1) is 16.6. The number of rotatable bonds is 3. The highest BCUT2D eigenvalue weighted by molar-refractivity contribution is 6.03. The van der Waals surface area contributed by atoms with Crippen molar-refractivity contribution >= 4 is 11.9 Å². The van der Waals surface area contributed by atoms with Crippen LogP contribution in [0.4, 0.5) is 23.6 Å². The van der Waals surface area contributed by atoms with Crippen LogP contribution in [0.15, 0.2) is 52.9 Å². The molecule has 0 saturated carbocycles. The average Bonchev–Trinajstić information content (AvgIpc) is 3.03. The molecule has 128 valence electrons. The van der Waals surface area contributed by atoms with Crippen molar-refractivity contribution in [3.63, 3.8) is 0 Å². The zero-order valence-corrected chi connectivity index (χ0v) is 12.3. The van der Waals surface area contributed by atoms with Crippen LogP contribution >= 0.6 is 0 Å². The maximum absolute atomic E-state index is 12.9. The van der Waals surface area contributed by atoms with Gasteiger partial charge in [0.05, 0.1) is 5.56 Å². The summed E-state index contributed by atoms with van der Waals surface area (Å²) in [6, 6.07) is 8.82. The van der Waals surface area contributed by atoms with Crippen molar-refractivity contribution in [2.75, 3.05) is 5.32 Å². The number of nitrogens with zero attached hydrogens (tertiary/aromatic N) is 2. The van der Waals surface area contributed by atoms with Gasteiger partial charge in [0.15, 0.2) is 0 Å². The number of carbonyl (C=O) groups is 1. The van der Waals surface area contributed by atoms with Crippen molar-refractivity contribution in [1.29, 1.82) is 0 Å². The Labute approximate surface area is 138 Å². The number of hydrogen-bond acceptors (Lipinski definition) is 4. The number of carbonyl (C=O) groups excluding carboxylic acids is 1. The van der Waals surface area contributed by atoms with E-state index in [1.165, 1.54) is 30.3 Å². The first-order valence-corrected chi connectivity index (χ1v) is 6.91. The van der Waals surface area contributed by atoms with E-state index >= 15 is 0 Å². The molecule has 1 aromatic heterocycles. The van der Waals surface area contributed by atoms with Gasteiger partial charge >= 0.3 is 12.2 Å². The normalized spacial score (nSPS) is 11.4. The highest BCUT2D eigenvalue weighted by Crippen LogP contribution is 2.29. The molecule has 25 heavy (non-hydrogen) atoms. The summed E-state index contributed by atoms with van der Waals surface area (Å²) in [5.74, 6) is -1.25. The molecule has 2 aromatic carbocycles. The van der Waals surface area contributed by atoms with E-state index in [0.717, 1.165) is 12.1 Å². The SMILES string of the molecule is O=C(Nc1nnc(-c2ccc(F)cc2)o1)c1cccc(C(F)(F)F)c1. The van der Waals surface area contributed by atoms with Crippen molar-refractivity contribution in [3.8, 4) is 11.5 Å². The molecular weight excluding hydrogens is 342 g/mol. The summed E-state index contributed by atoms with van der Waals surface area (Å²) in [4.78, 5) is 12.0. The Hall–Kier alpha value is -3.23. The second kappa shape index (κ2) is 6.34. The predicted molar refractivity (Wildman–Crippen MR) is 79.1 cm³/mol. The summed E-state index contributed by atoms with van der Waals surface area (Å²) < 4.78 is 56.1. The number of amides is 1. The van der Waals surface area contributed by atoms with E-state index in [-0.39, 0.29) is 17.5 Å². The van der Waals surface area contributed by atoms with Crippen LogP contribution in [-0.2, 0) is 6.18 Å². The number of anilines is 1. The summed E-state index contributed by atoms with van der Waals surface area (Å²) in [6.45, 7) is 0. The lowest BCUT2D eigenvalue weighted by Crippen LogP contribution is -2.14. The Balaban J connectivity index is 1.77. The van der Waals surface area contributed by atoms with Gasteiger partial charge in [-0.2, -0.15) is 13.2 Å². The van der Waals surface area contributed by atoms with Crippen LogP contribution in [-0.4, -0.2) is 16.1 Å². The molecular formula is C16H9F4N3O2. The Kier molecular flexibility index (Phi) is 4.22. The van der Waals surface area contributed by atoms with Gasteiger partial charge in [0, 0.05) is 11.1 Å². The number of halogens is 4. The van der Waals surface area contributed by atoms with Gasteiger partial charge in [-0.25, -0.2) is 4.39 Å². The van der Waals surface area contributed by atoms with E-state index in [1.54, 1.807) is 0 Å². The minimum atomic E-state index is -4.56. The van der Waals surface area contributed by atoms with Crippen molar-refractivity contribution in [2.24, 2.45) is 0 Å². The molecule has 3 aromatic rings. The Bertz CT molecular complexity index is 904. The highest BCUT2D eigenvalue weighted by Gasteiger charge is 2.31. The third-order valence-corrected chi connectivity index (χ3v) is 3.19. The fourth-order valence-electron chi connectivity index (χ4n) is 1.99. The quantitative estimate of drug-likeness (QED) is 0.720. The lowest BCUT2D eigenvalue weighted by Gasteiger charge is -2.07. The molecule has 1 N–H and O–H groups in total. The number of hydrogen-bond donors (Lipinski definition) is 1. The van der Waals surface area contributed by atoms with E-state index in [4.69, 9.17) is 4.42 Å². The molecule has 0 radical (unpaired) electrons. The summed E-state index contributed by atoms with van der Waals surface area (Å²) in [7, 11) is 0. The molecule has 5 nitrogen and oxygen atoms in total. The van der Waals surface area contributed by atoms with E-state index in [9.17, 15) is 22.4 Å². The fraction of sp³-hybridized carbons (Fsp3) is 0.0625. The van der Waals surface area contributed by atoms with Crippen molar-refractivity contribution in [2.45, 2.75) is 6.18 Å². The average molecular weight is 351 g/mol. The van der Waals surface area contributed by atoms with Crippen LogP contribution in [0.1, 0.15) is 15.9 Å². The molecule has 0 aliphatic heterocycles. The van der Waals surface area contributed by atoms with E-state index < -0.39 is 23.5 Å². The van der Waals surface area contributed by atoms with Gasteiger partial charge in [0.25, 0.3) is 5.91 Å². The standard InChI is InChI=1S/C16H9F4N3O2/c17-12-6-4-9(5-7-12)14-22-23-15(25-14)21-13(24)10-2-1-3-11(8-10)16(18,19)20/h1-8H,(H,21,23,24). The van der Waals surface area contributed by atoms with Gasteiger partial charge in [-0.15, -0.1) is 5.10 Å². The molecule has 0 bridgehead atoms. The first-order valence-electron chi connectivity index (χ1n) is 6.91. The third kappa shape index (κ3) is 3.82. The lowest BCUT2D eigenvalue weighted by atomic mass is 10.1. The zero-order chi connectivity index (χ0) is 18.0. The summed E-state index contributed by atoms with van der Waals surface area (Å²) in [5, 5.41) is 9.49. The van der Waals surface area contributed by atoms with Crippen LogP contribution < -0.4 is 5.32 Å². The molecule has 0 unspecified atom stereocenters. The van der Waals surface area contributed by atoms with E-state index in [2.05, 4.69) is 15.5 Å². The number of alkyl halides is 3. The van der Waals surface area contributed by atoms with Crippen LogP contribution in [0.5, 0.6) is 0 Å². The minimum Gasteiger partial charge on any atom is -0.403 e. The number of nitrogens with one attached hydrogen (secondary N) is 1. The van der Waals surface area contributed by atoms with Gasteiger partial charge in [-0.05, 0) is 42.5 Å². The van der Waals surface area contributed by atoms with Crippen molar-refractivity contribution in [1.82, 2.24) is 10.2 Å². The number of benzene rings is 2. The molecule has 0 atom stereocenters. The van der Waals surface area contributed by atoms with Gasteiger partial charge in [-0.1, -0.05) is 11.2 Å². The third-order valence-electron chi connectivity index (χ3n) is 3.19. The summed E-state index contributed by atoms with van der Waals surface area (Å²) >= 11 is 0. The monoisotopic (exact) mass is 351 g/mol. The molecule has 1 heterocycles. The minimum absolute atomic E-state index is 0.0272. The van der Waals surface area contributed by atoms with Gasteiger partial charge in [0.1, 0.15) is 5.82 Å². The van der Waals surface area contributed by atoms with E-state index in [1.807, 2.05) is 0 Å². The Morgan fingerprint density at radius 2 is 1.76 bits per heavy atom. The molecule has 9 heteroatoms. The summed E-state index contributed by atoms with van der Waals surface area (Å²) in [6.07, 6.45) is -4.56. The Morgan fingerprint density at radius 1 is 1.04 bits per heavy atom. The van der Waals surface area contributed by atoms with Crippen molar-refractivity contribution < 1.29 is 26.8 Å². The van der Waals surface area contributed by atoms with E-state index in [0.29, 0.717) is 11.6 Å². The topological polar surface area (TPSA) is 68.0 Å². The molecule has 3 rings (SSSR count). The molecule has 0 aliphatic rings. The maximum Gasteiger partial charge on any atom is 0.416 e. The van der Waals surface area contributed by atoms with Crippen LogP contribution in [0.2, 0.25) is 0 Å². The second-order valence-corrected chi connectivity index (χ2v) is 4.95. The second-order valence-electron chi connectivity index (χ2n) is 4.95. The predicted octanol–water partition coefficient (Wildman–Crippen LogP) is 4.15. The Morgan fingerprint density at radius 3 is 2.44 bits per heavy atom. The molecule has 0 aliphatic carbocycles. The smallest absolute Gasteiger partial charge is 0.403 e. The van der Waals surface area contributed by atoms with Gasteiger partial charge in [-0.3, -0.25) is 10.1 Å². The summed E-state index contributed by atoms with van der Waals surface area (Å²) in [5.41, 5.74) is -0.734. The fourth-order valence-corrected chi connectivity index (χ4v) is 1.99. The molecule has 0 spiro atoms. The molecule has 1 amide bonds. The van der Waals surface area contributed by atoms with Crippen LogP contribution in [0, 0.1) is 5.82 Å². The number of aromatic nitrogens is 2. The largest absolute Gasteiger partial charge is 0.416 e. The van der Waals surface area contributed by atoms with Crippen LogP contribution in [0.25, 0.3) is 11.5 Å². The zero-order valence-electron chi connectivity index (χ0n) is 12.3. The molecule has 0 saturated heterocycles.